The summed E-state index contributed by atoms with van der Waals surface area (Å²) in [6.45, 7) is 6.03. The molecule has 18 heavy (non-hydrogen) atoms. The number of benzene rings is 1. The number of hydrogen-bond donors (Lipinski definition) is 2. The maximum atomic E-state index is 5.77. The predicted octanol–water partition coefficient (Wildman–Crippen LogP) is 2.73. The molecule has 4 heteroatoms. The SMILES string of the molecule is CC(C)CCN=C(N)NCCSc1ccccc1. The summed E-state index contributed by atoms with van der Waals surface area (Å²) in [4.78, 5) is 5.57. The number of thioether (sulfide) groups is 1. The fourth-order valence-corrected chi connectivity index (χ4v) is 2.15. The van der Waals surface area contributed by atoms with Crippen molar-refractivity contribution in [1.29, 1.82) is 0 Å². The van der Waals surface area contributed by atoms with Crippen LogP contribution in [-0.2, 0) is 0 Å². The van der Waals surface area contributed by atoms with Crippen LogP contribution in [0.1, 0.15) is 20.3 Å². The minimum Gasteiger partial charge on any atom is -0.370 e. The van der Waals surface area contributed by atoms with Crippen molar-refractivity contribution in [2.45, 2.75) is 25.2 Å². The van der Waals surface area contributed by atoms with Crippen LogP contribution in [0.5, 0.6) is 0 Å². The molecule has 0 spiro atoms. The largest absolute Gasteiger partial charge is 0.370 e. The Balaban J connectivity index is 2.10. The Hall–Kier alpha value is -1.16. The van der Waals surface area contributed by atoms with Crippen LogP contribution in [0.3, 0.4) is 0 Å². The molecule has 0 saturated heterocycles. The highest BCUT2D eigenvalue weighted by molar-refractivity contribution is 7.99. The van der Waals surface area contributed by atoms with Crippen molar-refractivity contribution >= 4 is 17.7 Å². The van der Waals surface area contributed by atoms with Gasteiger partial charge in [0.2, 0.25) is 0 Å². The maximum Gasteiger partial charge on any atom is 0.188 e. The van der Waals surface area contributed by atoms with Gasteiger partial charge < -0.3 is 11.1 Å². The zero-order valence-corrected chi connectivity index (χ0v) is 12.0. The van der Waals surface area contributed by atoms with E-state index in [9.17, 15) is 0 Å². The number of nitrogens with zero attached hydrogens (tertiary/aromatic N) is 1. The maximum absolute atomic E-state index is 5.77. The molecule has 3 nitrogen and oxygen atoms in total. The molecule has 0 saturated carbocycles. The predicted molar refractivity (Wildman–Crippen MR) is 81.1 cm³/mol. The van der Waals surface area contributed by atoms with Crippen molar-refractivity contribution < 1.29 is 0 Å². The average Bonchev–Trinajstić information content (AvgIpc) is 2.35. The second kappa shape index (κ2) is 8.86. The first-order valence-corrected chi connectivity index (χ1v) is 7.38. The summed E-state index contributed by atoms with van der Waals surface area (Å²) in [5.74, 6) is 2.23. The van der Waals surface area contributed by atoms with Gasteiger partial charge in [-0.3, -0.25) is 4.99 Å². The summed E-state index contributed by atoms with van der Waals surface area (Å²) < 4.78 is 0. The number of nitrogens with two attached hydrogens (primary N) is 1. The van der Waals surface area contributed by atoms with E-state index in [1.165, 1.54) is 4.90 Å². The van der Waals surface area contributed by atoms with Crippen LogP contribution in [0.4, 0.5) is 0 Å². The number of nitrogens with one attached hydrogen (secondary N) is 1. The van der Waals surface area contributed by atoms with Crippen molar-refractivity contribution in [3.05, 3.63) is 30.3 Å². The first-order valence-electron chi connectivity index (χ1n) is 6.40. The van der Waals surface area contributed by atoms with E-state index in [-0.39, 0.29) is 0 Å². The van der Waals surface area contributed by atoms with Gasteiger partial charge in [-0.05, 0) is 24.5 Å². The lowest BCUT2D eigenvalue weighted by Crippen LogP contribution is -2.33. The molecule has 100 valence electrons. The van der Waals surface area contributed by atoms with Crippen LogP contribution in [0.2, 0.25) is 0 Å². The van der Waals surface area contributed by atoms with Gasteiger partial charge in [-0.2, -0.15) is 0 Å². The van der Waals surface area contributed by atoms with Gasteiger partial charge >= 0.3 is 0 Å². The molecule has 0 radical (unpaired) electrons. The summed E-state index contributed by atoms with van der Waals surface area (Å²) in [5.41, 5.74) is 5.77. The minimum absolute atomic E-state index is 0.560. The van der Waals surface area contributed by atoms with Gasteiger partial charge in [0.05, 0.1) is 0 Å². The molecule has 1 aromatic carbocycles. The molecule has 0 unspecified atom stereocenters. The number of aliphatic imine (C=N–C) groups is 1. The zero-order chi connectivity index (χ0) is 13.2. The van der Waals surface area contributed by atoms with Crippen LogP contribution >= 0.6 is 11.8 Å². The van der Waals surface area contributed by atoms with Gasteiger partial charge in [0, 0.05) is 23.7 Å². The van der Waals surface area contributed by atoms with Crippen molar-refractivity contribution in [3.63, 3.8) is 0 Å². The van der Waals surface area contributed by atoms with Crippen molar-refractivity contribution in [2.75, 3.05) is 18.8 Å². The van der Waals surface area contributed by atoms with Crippen LogP contribution in [-0.4, -0.2) is 24.8 Å². The second-order valence-electron chi connectivity index (χ2n) is 4.54. The van der Waals surface area contributed by atoms with Crippen LogP contribution < -0.4 is 11.1 Å². The molecule has 1 rings (SSSR count). The third-order valence-corrected chi connectivity index (χ3v) is 3.42. The topological polar surface area (TPSA) is 50.4 Å². The second-order valence-corrected chi connectivity index (χ2v) is 5.71. The first kappa shape index (κ1) is 14.9. The standard InChI is InChI=1S/C14H23N3S/c1-12(2)8-9-16-14(15)17-10-11-18-13-6-4-3-5-7-13/h3-7,12H,8-11H2,1-2H3,(H3,15,16,17). The lowest BCUT2D eigenvalue weighted by atomic mass is 10.1. The van der Waals surface area contributed by atoms with Crippen LogP contribution in [0.15, 0.2) is 40.2 Å². The van der Waals surface area contributed by atoms with Gasteiger partial charge in [0.25, 0.3) is 0 Å². The zero-order valence-electron chi connectivity index (χ0n) is 11.2. The molecule has 0 heterocycles. The molecule has 0 aromatic heterocycles. The van der Waals surface area contributed by atoms with Gasteiger partial charge in [0.1, 0.15) is 0 Å². The Bertz CT molecular complexity index is 349. The van der Waals surface area contributed by atoms with Gasteiger partial charge in [-0.25, -0.2) is 0 Å². The van der Waals surface area contributed by atoms with E-state index in [2.05, 4.69) is 48.4 Å². The quantitative estimate of drug-likeness (QED) is 0.345. The molecule has 0 bridgehead atoms. The van der Waals surface area contributed by atoms with E-state index >= 15 is 0 Å². The van der Waals surface area contributed by atoms with E-state index in [1.54, 1.807) is 0 Å². The number of rotatable bonds is 7. The molecule has 0 aliphatic carbocycles. The third kappa shape index (κ3) is 7.22. The lowest BCUT2D eigenvalue weighted by Gasteiger charge is -2.06. The van der Waals surface area contributed by atoms with E-state index in [4.69, 9.17) is 5.73 Å². The molecule has 3 N–H and O–H groups in total. The summed E-state index contributed by atoms with van der Waals surface area (Å²) >= 11 is 1.82. The highest BCUT2D eigenvalue weighted by Crippen LogP contribution is 2.15. The first-order chi connectivity index (χ1) is 8.68. The van der Waals surface area contributed by atoms with E-state index in [1.807, 2.05) is 17.8 Å². The Morgan fingerprint density at radius 2 is 2.06 bits per heavy atom. The molecule has 1 aromatic rings. The van der Waals surface area contributed by atoms with Gasteiger partial charge in [-0.15, -0.1) is 11.8 Å². The van der Waals surface area contributed by atoms with E-state index < -0.39 is 0 Å². The Kier molecular flexibility index (Phi) is 7.34. The molecule has 0 atom stereocenters. The highest BCUT2D eigenvalue weighted by atomic mass is 32.2. The summed E-state index contributed by atoms with van der Waals surface area (Å²) in [5, 5.41) is 3.13. The Labute approximate surface area is 114 Å². The van der Waals surface area contributed by atoms with Crippen molar-refractivity contribution in [3.8, 4) is 0 Å². The minimum atomic E-state index is 0.560. The molecular formula is C14H23N3S. The highest BCUT2D eigenvalue weighted by Gasteiger charge is 1.95. The molecule has 0 aliphatic heterocycles. The average molecular weight is 265 g/mol. The number of hydrogen-bond acceptors (Lipinski definition) is 2. The van der Waals surface area contributed by atoms with Crippen molar-refractivity contribution in [1.82, 2.24) is 5.32 Å². The van der Waals surface area contributed by atoms with Crippen LogP contribution in [0, 0.1) is 5.92 Å². The van der Waals surface area contributed by atoms with Crippen molar-refractivity contribution in [2.24, 2.45) is 16.6 Å². The normalized spacial score (nSPS) is 11.8. The molecule has 0 amide bonds. The summed E-state index contributed by atoms with van der Waals surface area (Å²) in [6, 6.07) is 10.4. The Morgan fingerprint density at radius 3 is 2.72 bits per heavy atom. The summed E-state index contributed by atoms with van der Waals surface area (Å²) in [6.07, 6.45) is 1.08. The third-order valence-electron chi connectivity index (χ3n) is 2.41. The van der Waals surface area contributed by atoms with Gasteiger partial charge in [-0.1, -0.05) is 32.0 Å². The smallest absolute Gasteiger partial charge is 0.188 e. The molecule has 0 fully saturated rings. The fraction of sp³-hybridized carbons (Fsp3) is 0.500. The van der Waals surface area contributed by atoms with Crippen LogP contribution in [0.25, 0.3) is 0 Å². The molecule has 0 aliphatic rings. The Morgan fingerprint density at radius 1 is 1.33 bits per heavy atom. The van der Waals surface area contributed by atoms with E-state index in [0.29, 0.717) is 11.9 Å². The monoisotopic (exact) mass is 265 g/mol. The van der Waals surface area contributed by atoms with E-state index in [0.717, 1.165) is 25.3 Å². The summed E-state index contributed by atoms with van der Waals surface area (Å²) in [7, 11) is 0. The molecular weight excluding hydrogens is 242 g/mol. The van der Waals surface area contributed by atoms with Gasteiger partial charge in [0.15, 0.2) is 5.96 Å². The fourth-order valence-electron chi connectivity index (χ4n) is 1.36. The lowest BCUT2D eigenvalue weighted by molar-refractivity contribution is 0.596. The number of guanidine groups is 1.